The van der Waals surface area contributed by atoms with E-state index in [0.29, 0.717) is 25.3 Å². The van der Waals surface area contributed by atoms with Crippen LogP contribution in [0.2, 0.25) is 0 Å². The van der Waals surface area contributed by atoms with Gasteiger partial charge in [-0.1, -0.05) is 30.3 Å². The van der Waals surface area contributed by atoms with E-state index in [1.54, 1.807) is 0 Å². The summed E-state index contributed by atoms with van der Waals surface area (Å²) in [5.74, 6) is 0.118. The number of nitrogens with zero attached hydrogens (tertiary/aromatic N) is 3. The topological polar surface area (TPSA) is 117 Å². The molecule has 1 unspecified atom stereocenters. The first kappa shape index (κ1) is 35.1. The van der Waals surface area contributed by atoms with Crippen LogP contribution in [0.15, 0.2) is 67.0 Å². The van der Waals surface area contributed by atoms with Gasteiger partial charge in [0.05, 0.1) is 5.52 Å². The minimum absolute atomic E-state index is 0.195. The molecule has 2 aromatic carbocycles. The van der Waals surface area contributed by atoms with Crippen LogP contribution in [0.25, 0.3) is 16.6 Å². The molecular weight excluding hydrogens is 628 g/mol. The number of nitrogens with one attached hydrogen (secondary N) is 3. The Balaban J connectivity index is 0.949. The summed E-state index contributed by atoms with van der Waals surface area (Å²) < 4.78 is 7.36. The number of rotatable bonds is 11. The third kappa shape index (κ3) is 9.09. The minimum Gasteiger partial charge on any atom is -0.444 e. The summed E-state index contributed by atoms with van der Waals surface area (Å²) in [5.41, 5.74) is 8.59. The molecule has 2 aliphatic rings. The van der Waals surface area contributed by atoms with Crippen LogP contribution in [0.1, 0.15) is 87.5 Å². The molecule has 10 nitrogen and oxygen atoms in total. The lowest BCUT2D eigenvalue weighted by molar-refractivity contribution is -0.133. The molecule has 0 saturated carbocycles. The van der Waals surface area contributed by atoms with Gasteiger partial charge in [0.15, 0.2) is 0 Å². The van der Waals surface area contributed by atoms with Gasteiger partial charge >= 0.3 is 6.09 Å². The lowest BCUT2D eigenvalue weighted by Crippen LogP contribution is -2.47. The monoisotopic (exact) mass is 678 g/mol. The van der Waals surface area contributed by atoms with Gasteiger partial charge in [0.25, 0.3) is 0 Å². The molecule has 2 aromatic heterocycles. The second-order valence-corrected chi connectivity index (χ2v) is 14.8. The van der Waals surface area contributed by atoms with Crippen molar-refractivity contribution in [3.8, 4) is 11.1 Å². The Morgan fingerprint density at radius 1 is 1.00 bits per heavy atom. The fourth-order valence-corrected chi connectivity index (χ4v) is 7.03. The molecule has 10 heteroatoms. The highest BCUT2D eigenvalue weighted by Gasteiger charge is 2.26. The number of fused-ring (bicyclic) bond motifs is 1. The van der Waals surface area contributed by atoms with Crippen molar-refractivity contribution in [3.05, 3.63) is 89.2 Å². The van der Waals surface area contributed by atoms with Crippen molar-refractivity contribution in [2.75, 3.05) is 25.0 Å². The van der Waals surface area contributed by atoms with Crippen molar-refractivity contribution in [1.29, 1.82) is 0 Å². The number of aryl methyl sites for hydroxylation is 2. The zero-order valence-corrected chi connectivity index (χ0v) is 29.8. The molecule has 1 atom stereocenters. The highest BCUT2D eigenvalue weighted by Crippen LogP contribution is 2.30. The van der Waals surface area contributed by atoms with Crippen molar-refractivity contribution in [3.63, 3.8) is 0 Å². The van der Waals surface area contributed by atoms with E-state index in [9.17, 15) is 14.4 Å². The number of carbonyl (C=O) groups excluding carboxylic acids is 3. The molecular formula is C40H50N6O4. The van der Waals surface area contributed by atoms with Crippen LogP contribution >= 0.6 is 0 Å². The highest BCUT2D eigenvalue weighted by molar-refractivity contribution is 6.01. The van der Waals surface area contributed by atoms with Crippen molar-refractivity contribution in [2.45, 2.75) is 96.7 Å². The second-order valence-electron chi connectivity index (χ2n) is 14.8. The Morgan fingerprint density at radius 3 is 2.50 bits per heavy atom. The van der Waals surface area contributed by atoms with Crippen LogP contribution in [-0.4, -0.2) is 63.7 Å². The molecule has 4 aromatic rings. The number of imide groups is 1. The maximum absolute atomic E-state index is 12.1. The maximum atomic E-state index is 12.1. The Kier molecular flexibility index (Phi) is 10.9. The Bertz CT molecular complexity index is 1820. The van der Waals surface area contributed by atoms with E-state index < -0.39 is 11.7 Å². The van der Waals surface area contributed by atoms with Gasteiger partial charge in [-0.05, 0) is 144 Å². The van der Waals surface area contributed by atoms with Gasteiger partial charge in [-0.2, -0.15) is 5.10 Å². The number of carbonyl (C=O) groups is 3. The number of piperidine rings is 2. The van der Waals surface area contributed by atoms with Gasteiger partial charge in [0, 0.05) is 36.6 Å². The molecule has 2 saturated heterocycles. The first-order chi connectivity index (χ1) is 24.0. The van der Waals surface area contributed by atoms with Gasteiger partial charge in [0.1, 0.15) is 11.6 Å². The fraction of sp³-hybridized carbons (Fsp3) is 0.450. The SMILES string of the molecule is Cc1cc(-c2ccnn3cc(CCCCN4CCC(c5ccc(NC6CCC(=O)NC6=O)cc5)CC4)cc23)ccc1CNC(=O)OC(C)(C)C. The minimum atomic E-state index is -0.525. The summed E-state index contributed by atoms with van der Waals surface area (Å²) in [6.07, 6.45) is 10.1. The van der Waals surface area contributed by atoms with Crippen molar-refractivity contribution < 1.29 is 19.1 Å². The number of aromatic nitrogens is 2. The van der Waals surface area contributed by atoms with Gasteiger partial charge in [0.2, 0.25) is 11.8 Å². The standard InChI is InChI=1S/C40H50N6O4/c1-27-23-31(8-9-32(27)25-41-39(49)50-40(2,3)4)34-16-19-42-46-26-28(24-36(34)46)7-5-6-20-45-21-17-30(18-22-45)29-10-12-33(13-11-29)43-35-14-15-37(47)44-38(35)48/h8-13,16,19,23-24,26,30,35,43H,5-7,14-15,17-18,20-22,25H2,1-4H3,(H,41,49)(H,44,47,48). The van der Waals surface area contributed by atoms with E-state index in [4.69, 9.17) is 4.74 Å². The molecule has 6 rings (SSSR count). The molecule has 264 valence electrons. The first-order valence-corrected chi connectivity index (χ1v) is 18.0. The summed E-state index contributed by atoms with van der Waals surface area (Å²) in [6, 6.07) is 18.8. The lowest BCUT2D eigenvalue weighted by Gasteiger charge is -2.32. The number of amides is 3. The van der Waals surface area contributed by atoms with E-state index >= 15 is 0 Å². The smallest absolute Gasteiger partial charge is 0.407 e. The third-order valence-corrected chi connectivity index (χ3v) is 9.78. The first-order valence-electron chi connectivity index (χ1n) is 18.0. The fourth-order valence-electron chi connectivity index (χ4n) is 7.03. The highest BCUT2D eigenvalue weighted by atomic mass is 16.6. The maximum Gasteiger partial charge on any atom is 0.407 e. The number of hydrogen-bond acceptors (Lipinski definition) is 7. The van der Waals surface area contributed by atoms with E-state index in [0.717, 1.165) is 85.2 Å². The lowest BCUT2D eigenvalue weighted by atomic mass is 9.89. The molecule has 4 heterocycles. The van der Waals surface area contributed by atoms with E-state index in [1.807, 2.05) is 31.5 Å². The Labute approximate surface area is 295 Å². The van der Waals surface area contributed by atoms with Crippen LogP contribution < -0.4 is 16.0 Å². The third-order valence-electron chi connectivity index (χ3n) is 9.78. The zero-order chi connectivity index (χ0) is 35.3. The molecule has 50 heavy (non-hydrogen) atoms. The predicted octanol–water partition coefficient (Wildman–Crippen LogP) is 6.75. The van der Waals surface area contributed by atoms with E-state index in [2.05, 4.69) is 93.7 Å². The number of likely N-dealkylation sites (tertiary alicyclic amines) is 1. The van der Waals surface area contributed by atoms with Crippen LogP contribution in [0.4, 0.5) is 10.5 Å². The largest absolute Gasteiger partial charge is 0.444 e. The van der Waals surface area contributed by atoms with Gasteiger partial charge in [-0.3, -0.25) is 14.9 Å². The quantitative estimate of drug-likeness (QED) is 0.119. The molecule has 0 spiro atoms. The normalized spacial score (nSPS) is 17.5. The van der Waals surface area contributed by atoms with Crippen molar-refractivity contribution in [2.24, 2.45) is 0 Å². The van der Waals surface area contributed by atoms with Crippen LogP contribution in [0.3, 0.4) is 0 Å². The summed E-state index contributed by atoms with van der Waals surface area (Å²) in [6.45, 7) is 11.4. The van der Waals surface area contributed by atoms with Crippen LogP contribution in [-0.2, 0) is 27.3 Å². The van der Waals surface area contributed by atoms with Gasteiger partial charge in [-0.15, -0.1) is 0 Å². The van der Waals surface area contributed by atoms with Crippen molar-refractivity contribution in [1.82, 2.24) is 25.1 Å². The zero-order valence-electron chi connectivity index (χ0n) is 29.8. The molecule has 3 N–H and O–H groups in total. The van der Waals surface area contributed by atoms with Gasteiger partial charge < -0.3 is 20.3 Å². The summed E-state index contributed by atoms with van der Waals surface area (Å²) in [5, 5.41) is 13.1. The molecule has 3 amide bonds. The van der Waals surface area contributed by atoms with Crippen LogP contribution in [0.5, 0.6) is 0 Å². The number of hydrogen-bond donors (Lipinski definition) is 3. The average Bonchev–Trinajstić information content (AvgIpc) is 3.51. The summed E-state index contributed by atoms with van der Waals surface area (Å²) in [7, 11) is 0. The van der Waals surface area contributed by atoms with E-state index in [-0.39, 0.29) is 17.9 Å². The Morgan fingerprint density at radius 2 is 1.78 bits per heavy atom. The van der Waals surface area contributed by atoms with Gasteiger partial charge in [-0.25, -0.2) is 9.31 Å². The number of benzene rings is 2. The molecule has 0 bridgehead atoms. The Hall–Kier alpha value is -4.70. The number of unbranched alkanes of at least 4 members (excludes halogenated alkanes) is 1. The average molecular weight is 679 g/mol. The molecule has 2 aliphatic heterocycles. The second kappa shape index (κ2) is 15.5. The number of alkyl carbamates (subject to hydrolysis) is 1. The summed E-state index contributed by atoms with van der Waals surface area (Å²) in [4.78, 5) is 38.2. The molecule has 0 radical (unpaired) electrons. The molecule has 0 aliphatic carbocycles. The van der Waals surface area contributed by atoms with Crippen LogP contribution in [0, 0.1) is 6.92 Å². The summed E-state index contributed by atoms with van der Waals surface area (Å²) >= 11 is 0. The van der Waals surface area contributed by atoms with Crippen molar-refractivity contribution >= 4 is 29.1 Å². The molecule has 2 fully saturated rings. The number of ether oxygens (including phenoxy) is 1. The van der Waals surface area contributed by atoms with E-state index in [1.165, 1.54) is 11.1 Å². The number of anilines is 1. The predicted molar refractivity (Wildman–Crippen MR) is 196 cm³/mol.